The smallest absolute Gasteiger partial charge is 0.294 e. The van der Waals surface area contributed by atoms with Gasteiger partial charge in [-0.1, -0.05) is 22.9 Å². The number of nitrogens with one attached hydrogen (secondary N) is 1. The number of hydrogen-bond acceptors (Lipinski definition) is 5. The molecular weight excluding hydrogens is 526 g/mol. The van der Waals surface area contributed by atoms with Gasteiger partial charge in [-0.25, -0.2) is 0 Å². The van der Waals surface area contributed by atoms with Crippen molar-refractivity contribution >= 4 is 62.2 Å². The van der Waals surface area contributed by atoms with Crippen molar-refractivity contribution in [2.45, 2.75) is 52.5 Å². The summed E-state index contributed by atoms with van der Waals surface area (Å²) in [5.74, 6) is -0.475. The maximum atomic E-state index is 13.0. The fourth-order valence-electron chi connectivity index (χ4n) is 5.06. The Morgan fingerprint density at radius 3 is 2.57 bits per heavy atom. The van der Waals surface area contributed by atoms with Crippen molar-refractivity contribution in [2.24, 2.45) is 0 Å². The van der Waals surface area contributed by atoms with Gasteiger partial charge in [0.25, 0.3) is 11.1 Å². The summed E-state index contributed by atoms with van der Waals surface area (Å²) in [6.07, 6.45) is 2.83. The first-order valence-electron chi connectivity index (χ1n) is 11.7. The Labute approximate surface area is 219 Å². The number of hydrogen-bond donors (Lipinski definition) is 1. The van der Waals surface area contributed by atoms with E-state index in [0.717, 1.165) is 45.2 Å². The third-order valence-electron chi connectivity index (χ3n) is 6.68. The van der Waals surface area contributed by atoms with Crippen molar-refractivity contribution in [3.05, 3.63) is 62.5 Å². The molecule has 3 amide bonds. The number of anilines is 2. The number of carbonyl (C=O) groups excluding carboxylic acids is 3. The quantitative estimate of drug-likeness (QED) is 0.424. The Bertz CT molecular complexity index is 1220. The number of rotatable bonds is 5. The van der Waals surface area contributed by atoms with Crippen LogP contribution in [0.5, 0.6) is 0 Å². The third kappa shape index (κ3) is 5.19. The van der Waals surface area contributed by atoms with Crippen LogP contribution in [-0.4, -0.2) is 40.6 Å². The molecule has 35 heavy (non-hydrogen) atoms. The van der Waals surface area contributed by atoms with Crippen LogP contribution < -0.4 is 10.2 Å². The monoisotopic (exact) mass is 555 g/mol. The van der Waals surface area contributed by atoms with Crippen LogP contribution in [0.15, 0.2) is 45.8 Å². The van der Waals surface area contributed by atoms with Crippen LogP contribution in [0.4, 0.5) is 16.2 Å². The lowest BCUT2D eigenvalue weighted by Gasteiger charge is -2.47. The van der Waals surface area contributed by atoms with Crippen LogP contribution >= 0.6 is 27.7 Å². The van der Waals surface area contributed by atoms with E-state index in [1.54, 1.807) is 30.3 Å². The molecule has 0 saturated carbocycles. The molecule has 0 aliphatic carbocycles. The number of thioether (sulfide) groups is 1. The van der Waals surface area contributed by atoms with Gasteiger partial charge in [-0.05, 0) is 111 Å². The van der Waals surface area contributed by atoms with E-state index in [4.69, 9.17) is 0 Å². The van der Waals surface area contributed by atoms with Crippen molar-refractivity contribution in [1.29, 1.82) is 0 Å². The van der Waals surface area contributed by atoms with Crippen LogP contribution in [0.3, 0.4) is 0 Å². The Morgan fingerprint density at radius 1 is 1.23 bits per heavy atom. The molecule has 2 aromatic rings. The minimum atomic E-state index is -0.438. The van der Waals surface area contributed by atoms with Crippen LogP contribution in [-0.2, 0) is 9.59 Å². The molecule has 1 atom stereocenters. The molecule has 1 unspecified atom stereocenters. The second-order valence-corrected chi connectivity index (χ2v) is 11.7. The molecule has 8 heteroatoms. The number of fused-ring (bicyclic) bond motifs is 1. The summed E-state index contributed by atoms with van der Waals surface area (Å²) in [6, 6.07) is 11.5. The zero-order valence-electron chi connectivity index (χ0n) is 20.6. The first-order chi connectivity index (χ1) is 16.5. The highest BCUT2D eigenvalue weighted by molar-refractivity contribution is 9.10. The molecule has 2 aliphatic heterocycles. The van der Waals surface area contributed by atoms with Gasteiger partial charge in [0, 0.05) is 27.9 Å². The molecule has 6 nitrogen and oxygen atoms in total. The number of carbonyl (C=O) groups is 3. The number of amides is 3. The summed E-state index contributed by atoms with van der Waals surface area (Å²) in [5.41, 5.74) is 5.15. The summed E-state index contributed by atoms with van der Waals surface area (Å²) in [7, 11) is 0. The molecule has 0 radical (unpaired) electrons. The van der Waals surface area contributed by atoms with Crippen molar-refractivity contribution < 1.29 is 14.4 Å². The Hall–Kier alpha value is -2.58. The average Bonchev–Trinajstić information content (AvgIpc) is 3.03. The highest BCUT2D eigenvalue weighted by Crippen LogP contribution is 2.45. The fourth-order valence-corrected chi connectivity index (χ4v) is 6.15. The van der Waals surface area contributed by atoms with E-state index >= 15 is 0 Å². The molecule has 184 valence electrons. The lowest BCUT2D eigenvalue weighted by Crippen LogP contribution is -2.48. The predicted octanol–water partition coefficient (Wildman–Crippen LogP) is 6.54. The number of benzene rings is 2. The average molecular weight is 557 g/mol. The molecule has 2 aliphatic rings. The molecule has 4 rings (SSSR count). The number of aryl methyl sites for hydroxylation is 1. The first-order valence-corrected chi connectivity index (χ1v) is 13.3. The highest BCUT2D eigenvalue weighted by Gasteiger charge is 2.38. The van der Waals surface area contributed by atoms with Gasteiger partial charge >= 0.3 is 0 Å². The fraction of sp³-hybridized carbons (Fsp3) is 0.370. The summed E-state index contributed by atoms with van der Waals surface area (Å²) < 4.78 is 0.893. The van der Waals surface area contributed by atoms with Gasteiger partial charge in [0.1, 0.15) is 6.54 Å². The van der Waals surface area contributed by atoms with Gasteiger partial charge in [-0.3, -0.25) is 19.3 Å². The molecule has 0 spiro atoms. The van der Waals surface area contributed by atoms with Crippen LogP contribution in [0.1, 0.15) is 56.7 Å². The van der Waals surface area contributed by atoms with E-state index in [9.17, 15) is 14.4 Å². The van der Waals surface area contributed by atoms with Crippen molar-refractivity contribution in [1.82, 2.24) is 4.90 Å². The summed E-state index contributed by atoms with van der Waals surface area (Å²) in [6.45, 7) is 11.6. The number of nitrogens with zero attached hydrogens (tertiary/aromatic N) is 2. The lowest BCUT2D eigenvalue weighted by molar-refractivity contribution is -0.127. The molecule has 0 bridgehead atoms. The van der Waals surface area contributed by atoms with Gasteiger partial charge in [0.05, 0.1) is 4.91 Å². The second-order valence-electron chi connectivity index (χ2n) is 9.75. The van der Waals surface area contributed by atoms with Crippen LogP contribution in [0, 0.1) is 6.92 Å². The number of imide groups is 1. The van der Waals surface area contributed by atoms with Crippen LogP contribution in [0.2, 0.25) is 0 Å². The molecule has 1 saturated heterocycles. The maximum Gasteiger partial charge on any atom is 0.294 e. The molecule has 1 N–H and O–H groups in total. The van der Waals surface area contributed by atoms with E-state index in [1.165, 1.54) is 11.3 Å². The standard InChI is InChI=1S/C27H30BrN3O3S/c1-6-31-22-11-16(2)18(12-21(22)17(3)14-27(31,4)5)13-23-25(33)30(26(34)35-23)15-24(32)29-20-9-7-19(28)8-10-20/h7-13,17H,6,14-15H2,1-5H3,(H,29,32)/b23-13-. The van der Waals surface area contributed by atoms with Gasteiger partial charge in [-0.2, -0.15) is 0 Å². The minimum Gasteiger partial charge on any atom is -0.366 e. The number of halogens is 1. The SMILES string of the molecule is CCN1c2cc(C)c(/C=C3\SC(=O)N(CC(=O)Nc4ccc(Br)cc4)C3=O)cc2C(C)CC1(C)C. The Morgan fingerprint density at radius 2 is 1.91 bits per heavy atom. The summed E-state index contributed by atoms with van der Waals surface area (Å²) >= 11 is 4.23. The van der Waals surface area contributed by atoms with Gasteiger partial charge < -0.3 is 10.2 Å². The van der Waals surface area contributed by atoms with Gasteiger partial charge in [0.15, 0.2) is 0 Å². The van der Waals surface area contributed by atoms with E-state index in [0.29, 0.717) is 16.5 Å². The lowest BCUT2D eigenvalue weighted by atomic mass is 9.79. The van der Waals surface area contributed by atoms with Crippen molar-refractivity contribution in [2.75, 3.05) is 23.3 Å². The Kier molecular flexibility index (Phi) is 7.16. The Balaban J connectivity index is 1.55. The summed E-state index contributed by atoms with van der Waals surface area (Å²) in [5, 5.41) is 2.29. The van der Waals surface area contributed by atoms with E-state index in [2.05, 4.69) is 66.0 Å². The zero-order chi connectivity index (χ0) is 25.5. The predicted molar refractivity (Wildman–Crippen MR) is 147 cm³/mol. The van der Waals surface area contributed by atoms with Gasteiger partial charge in [-0.15, -0.1) is 0 Å². The molecule has 1 fully saturated rings. The topological polar surface area (TPSA) is 69.7 Å². The zero-order valence-corrected chi connectivity index (χ0v) is 23.0. The first kappa shape index (κ1) is 25.5. The molecule has 2 heterocycles. The normalized spacial score (nSPS) is 20.4. The minimum absolute atomic E-state index is 0.0780. The summed E-state index contributed by atoms with van der Waals surface area (Å²) in [4.78, 5) is 41.8. The molecule has 2 aromatic carbocycles. The van der Waals surface area contributed by atoms with Crippen molar-refractivity contribution in [3.8, 4) is 0 Å². The second kappa shape index (κ2) is 9.82. The van der Waals surface area contributed by atoms with Crippen molar-refractivity contribution in [3.63, 3.8) is 0 Å². The molecule has 0 aromatic heterocycles. The maximum absolute atomic E-state index is 13.0. The highest BCUT2D eigenvalue weighted by atomic mass is 79.9. The van der Waals surface area contributed by atoms with Crippen LogP contribution in [0.25, 0.3) is 6.08 Å². The van der Waals surface area contributed by atoms with E-state index in [-0.39, 0.29) is 12.1 Å². The van der Waals surface area contributed by atoms with E-state index < -0.39 is 17.1 Å². The third-order valence-corrected chi connectivity index (χ3v) is 8.12. The largest absolute Gasteiger partial charge is 0.366 e. The van der Waals surface area contributed by atoms with Gasteiger partial charge in [0.2, 0.25) is 5.91 Å². The molecular formula is C27H30BrN3O3S. The van der Waals surface area contributed by atoms with E-state index in [1.807, 2.05) is 6.92 Å².